The van der Waals surface area contributed by atoms with Crippen LogP contribution < -0.4 is 5.43 Å². The maximum Gasteiger partial charge on any atom is 0.416 e. The van der Waals surface area contributed by atoms with Crippen LogP contribution >= 0.6 is 23.1 Å². The average molecular weight is 360 g/mol. The van der Waals surface area contributed by atoms with E-state index in [4.69, 9.17) is 0 Å². The van der Waals surface area contributed by atoms with Gasteiger partial charge in [0.25, 0.3) is 0 Å². The van der Waals surface area contributed by atoms with Crippen molar-refractivity contribution in [2.45, 2.75) is 24.2 Å². The van der Waals surface area contributed by atoms with Crippen LogP contribution in [0.2, 0.25) is 0 Å². The Balaban J connectivity index is 2.53. The number of allylic oxidation sites excluding steroid dienone is 2. The molecule has 0 aliphatic carbocycles. The number of benzene rings is 1. The van der Waals surface area contributed by atoms with Crippen molar-refractivity contribution in [3.05, 3.63) is 50.7 Å². The Morgan fingerprint density at radius 2 is 1.87 bits per heavy atom. The van der Waals surface area contributed by atoms with Gasteiger partial charge < -0.3 is 5.11 Å². The van der Waals surface area contributed by atoms with Gasteiger partial charge in [-0.2, -0.15) is 13.2 Å². The predicted molar refractivity (Wildman–Crippen MR) is 85.0 cm³/mol. The number of halogens is 3. The third-order valence-electron chi connectivity index (χ3n) is 2.88. The number of carbonyl (C=O) groups is 1. The SMILES string of the molecule is CC(=O)/C(Sc1cc(=O)c2cc(C(F)(F)F)ccc2s1)=C(\C)O. The van der Waals surface area contributed by atoms with E-state index in [1.54, 1.807) is 0 Å². The number of ketones is 1. The first kappa shape index (κ1) is 17.6. The van der Waals surface area contributed by atoms with E-state index in [0.29, 0.717) is 8.91 Å². The minimum Gasteiger partial charge on any atom is -0.511 e. The molecule has 0 aliphatic heterocycles. The third kappa shape index (κ3) is 3.94. The summed E-state index contributed by atoms with van der Waals surface area (Å²) in [4.78, 5) is 23.6. The normalized spacial score (nSPS) is 13.1. The summed E-state index contributed by atoms with van der Waals surface area (Å²) in [5.41, 5.74) is -1.45. The standard InChI is InChI=1S/C15H11F3O3S2/c1-7(19)14(8(2)20)23-13-6-11(21)10-5-9(15(16,17)18)3-4-12(10)22-13/h3-6,19H,1-2H3/b14-7-. The fourth-order valence-electron chi connectivity index (χ4n) is 1.86. The first-order valence-corrected chi connectivity index (χ1v) is 7.96. The number of hydrogen-bond donors (Lipinski definition) is 1. The van der Waals surface area contributed by atoms with E-state index < -0.39 is 17.2 Å². The highest BCUT2D eigenvalue weighted by molar-refractivity contribution is 8.05. The summed E-state index contributed by atoms with van der Waals surface area (Å²) >= 11 is 2.00. The molecule has 0 saturated heterocycles. The second kappa shape index (κ2) is 6.37. The van der Waals surface area contributed by atoms with Crippen LogP contribution in [0.3, 0.4) is 0 Å². The maximum absolute atomic E-state index is 12.7. The lowest BCUT2D eigenvalue weighted by Crippen LogP contribution is -2.07. The van der Waals surface area contributed by atoms with Crippen molar-refractivity contribution in [1.82, 2.24) is 0 Å². The molecule has 0 bridgehead atoms. The van der Waals surface area contributed by atoms with Gasteiger partial charge in [-0.1, -0.05) is 11.8 Å². The second-order valence-electron chi connectivity index (χ2n) is 4.71. The van der Waals surface area contributed by atoms with Crippen molar-refractivity contribution in [3.63, 3.8) is 0 Å². The predicted octanol–water partition coefficient (Wildman–Crippen LogP) is 4.75. The zero-order valence-corrected chi connectivity index (χ0v) is 13.7. The Morgan fingerprint density at radius 3 is 2.39 bits per heavy atom. The molecule has 1 heterocycles. The molecule has 1 N–H and O–H groups in total. The summed E-state index contributed by atoms with van der Waals surface area (Å²) in [5.74, 6) is -0.531. The molecule has 0 spiro atoms. The van der Waals surface area contributed by atoms with E-state index >= 15 is 0 Å². The maximum atomic E-state index is 12.7. The third-order valence-corrected chi connectivity index (χ3v) is 5.38. The zero-order valence-electron chi connectivity index (χ0n) is 12.0. The molecule has 0 aliphatic rings. The van der Waals surface area contributed by atoms with E-state index in [1.165, 1.54) is 26.0 Å². The quantitative estimate of drug-likeness (QED) is 0.487. The minimum atomic E-state index is -4.52. The summed E-state index contributed by atoms with van der Waals surface area (Å²) < 4.78 is 38.9. The largest absolute Gasteiger partial charge is 0.511 e. The number of aliphatic hydroxyl groups excluding tert-OH is 1. The number of carbonyl (C=O) groups excluding carboxylic acids is 1. The first-order valence-electron chi connectivity index (χ1n) is 6.33. The van der Waals surface area contributed by atoms with Crippen LogP contribution in [0, 0.1) is 0 Å². The molecular weight excluding hydrogens is 349 g/mol. The number of aliphatic hydroxyl groups is 1. The van der Waals surface area contributed by atoms with E-state index in [2.05, 4.69) is 0 Å². The fourth-order valence-corrected chi connectivity index (χ4v) is 3.99. The van der Waals surface area contributed by atoms with Gasteiger partial charge in [0.05, 0.1) is 14.7 Å². The van der Waals surface area contributed by atoms with Crippen molar-refractivity contribution in [3.8, 4) is 0 Å². The summed E-state index contributed by atoms with van der Waals surface area (Å²) in [6, 6.07) is 4.13. The molecule has 23 heavy (non-hydrogen) atoms. The van der Waals surface area contributed by atoms with Crippen LogP contribution in [0.5, 0.6) is 0 Å². The van der Waals surface area contributed by atoms with Gasteiger partial charge in [0.1, 0.15) is 5.76 Å². The fraction of sp³-hybridized carbons (Fsp3) is 0.200. The van der Waals surface area contributed by atoms with Crippen molar-refractivity contribution in [1.29, 1.82) is 0 Å². The molecule has 1 aromatic heterocycles. The molecule has 2 rings (SSSR count). The van der Waals surface area contributed by atoms with Gasteiger partial charge >= 0.3 is 6.18 Å². The molecule has 8 heteroatoms. The highest BCUT2D eigenvalue weighted by atomic mass is 32.2. The average Bonchev–Trinajstić information content (AvgIpc) is 2.42. The lowest BCUT2D eigenvalue weighted by molar-refractivity contribution is -0.137. The summed E-state index contributed by atoms with van der Waals surface area (Å²) in [7, 11) is 0. The molecule has 0 unspecified atom stereocenters. The lowest BCUT2D eigenvalue weighted by Gasteiger charge is -2.08. The van der Waals surface area contributed by atoms with Crippen LogP contribution in [0.4, 0.5) is 13.2 Å². The molecule has 122 valence electrons. The van der Waals surface area contributed by atoms with Gasteiger partial charge in [-0.3, -0.25) is 9.59 Å². The smallest absolute Gasteiger partial charge is 0.416 e. The molecule has 0 atom stereocenters. The van der Waals surface area contributed by atoms with E-state index in [1.807, 2.05) is 0 Å². The van der Waals surface area contributed by atoms with Crippen molar-refractivity contribution in [2.75, 3.05) is 0 Å². The minimum absolute atomic E-state index is 0.0248. The number of Topliss-reactive ketones (excluding diaryl/α,β-unsaturated/α-hetero) is 1. The number of hydrogen-bond acceptors (Lipinski definition) is 5. The Labute approximate surface area is 137 Å². The van der Waals surface area contributed by atoms with Gasteiger partial charge in [-0.05, 0) is 32.0 Å². The van der Waals surface area contributed by atoms with Crippen molar-refractivity contribution >= 4 is 39.0 Å². The van der Waals surface area contributed by atoms with E-state index in [9.17, 15) is 27.9 Å². The van der Waals surface area contributed by atoms with Crippen molar-refractivity contribution in [2.24, 2.45) is 0 Å². The number of thioether (sulfide) groups is 1. The number of rotatable bonds is 3. The highest BCUT2D eigenvalue weighted by Crippen LogP contribution is 2.36. The molecule has 2 aromatic rings. The Hall–Kier alpha value is -1.80. The summed E-state index contributed by atoms with van der Waals surface area (Å²) in [5, 5.41) is 9.47. The van der Waals surface area contributed by atoms with Crippen molar-refractivity contribution < 1.29 is 23.1 Å². The van der Waals surface area contributed by atoms with Crippen LogP contribution in [-0.2, 0) is 11.0 Å². The van der Waals surface area contributed by atoms with Crippen LogP contribution in [0.15, 0.2) is 43.9 Å². The van der Waals surface area contributed by atoms with Gasteiger partial charge in [0.15, 0.2) is 11.2 Å². The van der Waals surface area contributed by atoms with Gasteiger partial charge in [0.2, 0.25) is 0 Å². The molecule has 3 nitrogen and oxygen atoms in total. The van der Waals surface area contributed by atoms with E-state index in [-0.39, 0.29) is 21.8 Å². The lowest BCUT2D eigenvalue weighted by atomic mass is 10.1. The monoisotopic (exact) mass is 360 g/mol. The Bertz CT molecular complexity index is 862. The molecule has 0 amide bonds. The first-order chi connectivity index (χ1) is 10.6. The summed E-state index contributed by atoms with van der Waals surface area (Å²) in [6.07, 6.45) is -4.52. The van der Waals surface area contributed by atoms with Crippen LogP contribution in [0.1, 0.15) is 19.4 Å². The second-order valence-corrected chi connectivity index (χ2v) is 7.11. The van der Waals surface area contributed by atoms with E-state index in [0.717, 1.165) is 35.2 Å². The van der Waals surface area contributed by atoms with Gasteiger partial charge in [-0.25, -0.2) is 0 Å². The van der Waals surface area contributed by atoms with Gasteiger partial charge in [-0.15, -0.1) is 11.3 Å². The molecule has 1 aromatic carbocycles. The molecule has 0 saturated carbocycles. The molecular formula is C15H11F3O3S2. The molecule has 0 fully saturated rings. The van der Waals surface area contributed by atoms with Gasteiger partial charge in [0, 0.05) is 16.2 Å². The number of alkyl halides is 3. The Morgan fingerprint density at radius 1 is 1.22 bits per heavy atom. The van der Waals surface area contributed by atoms with Crippen LogP contribution in [0.25, 0.3) is 10.1 Å². The van der Waals surface area contributed by atoms with Crippen LogP contribution in [-0.4, -0.2) is 10.9 Å². The number of fused-ring (bicyclic) bond motifs is 1. The summed E-state index contributed by atoms with van der Waals surface area (Å²) in [6.45, 7) is 2.63. The molecule has 0 radical (unpaired) electrons. The topological polar surface area (TPSA) is 54.4 Å². The zero-order chi connectivity index (χ0) is 17.4. The Kier molecular flexibility index (Phi) is 4.86. The highest BCUT2D eigenvalue weighted by Gasteiger charge is 2.30.